The molecule has 1 aromatic rings. The summed E-state index contributed by atoms with van der Waals surface area (Å²) in [5, 5.41) is 0. The average molecular weight is 266 g/mol. The Hall–Kier alpha value is -0.510. The fourth-order valence-electron chi connectivity index (χ4n) is 1.80. The van der Waals surface area contributed by atoms with Crippen molar-refractivity contribution in [1.82, 2.24) is 9.80 Å². The van der Waals surface area contributed by atoms with Gasteiger partial charge in [-0.05, 0) is 39.2 Å². The van der Waals surface area contributed by atoms with Crippen LogP contribution in [0.5, 0.6) is 0 Å². The number of hydrogen-bond donors (Lipinski definition) is 0. The maximum Gasteiger partial charge on any atom is 0.0109 e. The van der Waals surface area contributed by atoms with Gasteiger partial charge in [0.15, 0.2) is 0 Å². The first-order valence-electron chi connectivity index (χ1n) is 6.77. The predicted molar refractivity (Wildman–Crippen MR) is 82.5 cm³/mol. The van der Waals surface area contributed by atoms with E-state index in [0.29, 0.717) is 0 Å². The average Bonchev–Trinajstić information content (AvgIpc) is 2.37. The van der Waals surface area contributed by atoms with Crippen molar-refractivity contribution in [2.45, 2.75) is 18.2 Å². The van der Waals surface area contributed by atoms with Crippen LogP contribution in [0.2, 0.25) is 0 Å². The Morgan fingerprint density at radius 3 is 2.28 bits per heavy atom. The summed E-state index contributed by atoms with van der Waals surface area (Å²) in [5.74, 6) is 1.18. The number of benzene rings is 1. The van der Waals surface area contributed by atoms with E-state index in [4.69, 9.17) is 0 Å². The second kappa shape index (κ2) is 9.42. The Bertz CT molecular complexity index is 301. The standard InChI is InChI=1S/C15H26N2S/c1-4-10-17(12-11-16(2)3)13-14-18-15-8-6-5-7-9-15/h5-9H,4,10-14H2,1-3H3. The van der Waals surface area contributed by atoms with Gasteiger partial charge < -0.3 is 9.80 Å². The second-order valence-corrected chi connectivity index (χ2v) is 5.97. The van der Waals surface area contributed by atoms with E-state index in [2.05, 4.69) is 61.2 Å². The van der Waals surface area contributed by atoms with E-state index in [1.807, 2.05) is 11.8 Å². The summed E-state index contributed by atoms with van der Waals surface area (Å²) in [4.78, 5) is 6.20. The van der Waals surface area contributed by atoms with Gasteiger partial charge in [-0.3, -0.25) is 0 Å². The third-order valence-electron chi connectivity index (χ3n) is 2.82. The first-order valence-corrected chi connectivity index (χ1v) is 7.76. The first kappa shape index (κ1) is 15.5. The molecule has 0 amide bonds. The molecule has 18 heavy (non-hydrogen) atoms. The van der Waals surface area contributed by atoms with E-state index in [1.165, 1.54) is 36.7 Å². The van der Waals surface area contributed by atoms with Gasteiger partial charge in [-0.2, -0.15) is 0 Å². The van der Waals surface area contributed by atoms with Gasteiger partial charge in [-0.15, -0.1) is 11.8 Å². The van der Waals surface area contributed by atoms with Crippen molar-refractivity contribution in [3.63, 3.8) is 0 Å². The molecule has 2 nitrogen and oxygen atoms in total. The van der Waals surface area contributed by atoms with Gasteiger partial charge in [-0.25, -0.2) is 0 Å². The van der Waals surface area contributed by atoms with E-state index in [9.17, 15) is 0 Å². The Morgan fingerprint density at radius 1 is 0.944 bits per heavy atom. The summed E-state index contributed by atoms with van der Waals surface area (Å²) < 4.78 is 0. The molecule has 0 fully saturated rings. The van der Waals surface area contributed by atoms with Crippen LogP contribution in [-0.2, 0) is 0 Å². The molecule has 0 unspecified atom stereocenters. The minimum Gasteiger partial charge on any atom is -0.308 e. The zero-order valence-electron chi connectivity index (χ0n) is 11.9. The highest BCUT2D eigenvalue weighted by molar-refractivity contribution is 7.99. The fourth-order valence-corrected chi connectivity index (χ4v) is 2.74. The van der Waals surface area contributed by atoms with Crippen molar-refractivity contribution in [2.24, 2.45) is 0 Å². The monoisotopic (exact) mass is 266 g/mol. The molecule has 0 radical (unpaired) electrons. The predicted octanol–water partition coefficient (Wildman–Crippen LogP) is 3.05. The molecule has 0 heterocycles. The summed E-state index contributed by atoms with van der Waals surface area (Å²) in [7, 11) is 4.28. The Kier molecular flexibility index (Phi) is 8.14. The lowest BCUT2D eigenvalue weighted by molar-refractivity contribution is 0.253. The third-order valence-corrected chi connectivity index (χ3v) is 3.81. The van der Waals surface area contributed by atoms with E-state index >= 15 is 0 Å². The smallest absolute Gasteiger partial charge is 0.0109 e. The zero-order valence-corrected chi connectivity index (χ0v) is 12.7. The van der Waals surface area contributed by atoms with Crippen LogP contribution < -0.4 is 0 Å². The SMILES string of the molecule is CCCN(CCSc1ccccc1)CCN(C)C. The third kappa shape index (κ3) is 7.04. The molecule has 1 aromatic carbocycles. The highest BCUT2D eigenvalue weighted by Crippen LogP contribution is 2.16. The lowest BCUT2D eigenvalue weighted by atomic mass is 10.4. The number of thioether (sulfide) groups is 1. The number of nitrogens with zero attached hydrogens (tertiary/aromatic N) is 2. The van der Waals surface area contributed by atoms with Crippen molar-refractivity contribution in [3.05, 3.63) is 30.3 Å². The lowest BCUT2D eigenvalue weighted by Gasteiger charge is -2.23. The van der Waals surface area contributed by atoms with Crippen LogP contribution >= 0.6 is 11.8 Å². The zero-order chi connectivity index (χ0) is 13.2. The maximum atomic E-state index is 2.57. The summed E-state index contributed by atoms with van der Waals surface area (Å²) in [6.07, 6.45) is 1.24. The molecule has 0 atom stereocenters. The lowest BCUT2D eigenvalue weighted by Crippen LogP contribution is -2.33. The van der Waals surface area contributed by atoms with Gasteiger partial charge in [0.2, 0.25) is 0 Å². The van der Waals surface area contributed by atoms with Crippen molar-refractivity contribution < 1.29 is 0 Å². The highest BCUT2D eigenvalue weighted by atomic mass is 32.2. The number of likely N-dealkylation sites (N-methyl/N-ethyl adjacent to an activating group) is 1. The number of hydrogen-bond acceptors (Lipinski definition) is 3. The van der Waals surface area contributed by atoms with Crippen LogP contribution in [0.4, 0.5) is 0 Å². The second-order valence-electron chi connectivity index (χ2n) is 4.81. The molecule has 3 heteroatoms. The summed E-state index contributed by atoms with van der Waals surface area (Å²) in [6.45, 7) is 6.98. The van der Waals surface area contributed by atoms with Crippen LogP contribution in [0.3, 0.4) is 0 Å². The topological polar surface area (TPSA) is 6.48 Å². The molecular formula is C15H26N2S. The van der Waals surface area contributed by atoms with Crippen LogP contribution in [-0.4, -0.2) is 55.8 Å². The minimum absolute atomic E-state index is 1.15. The molecule has 0 saturated heterocycles. The van der Waals surface area contributed by atoms with Crippen molar-refractivity contribution in [1.29, 1.82) is 0 Å². The van der Waals surface area contributed by atoms with Gasteiger partial charge in [0.25, 0.3) is 0 Å². The molecule has 0 aliphatic carbocycles. The molecule has 1 rings (SSSR count). The maximum absolute atomic E-state index is 2.57. The Balaban J connectivity index is 2.24. The van der Waals surface area contributed by atoms with Crippen LogP contribution in [0.25, 0.3) is 0 Å². The van der Waals surface area contributed by atoms with E-state index in [0.717, 1.165) is 6.54 Å². The first-order chi connectivity index (χ1) is 8.72. The van der Waals surface area contributed by atoms with Gasteiger partial charge >= 0.3 is 0 Å². The van der Waals surface area contributed by atoms with Crippen LogP contribution in [0, 0.1) is 0 Å². The summed E-state index contributed by atoms with van der Waals surface area (Å²) >= 11 is 1.95. The van der Waals surface area contributed by atoms with Gasteiger partial charge in [0.1, 0.15) is 0 Å². The molecule has 0 saturated carbocycles. The largest absolute Gasteiger partial charge is 0.308 e. The molecule has 0 bridgehead atoms. The Labute approximate surface area is 116 Å². The minimum atomic E-state index is 1.15. The molecule has 0 N–H and O–H groups in total. The summed E-state index contributed by atoms with van der Waals surface area (Å²) in [5.41, 5.74) is 0. The molecule has 102 valence electrons. The van der Waals surface area contributed by atoms with E-state index in [-0.39, 0.29) is 0 Å². The molecule has 0 aliphatic heterocycles. The van der Waals surface area contributed by atoms with Crippen LogP contribution in [0.1, 0.15) is 13.3 Å². The van der Waals surface area contributed by atoms with Crippen molar-refractivity contribution in [3.8, 4) is 0 Å². The molecular weight excluding hydrogens is 240 g/mol. The quantitative estimate of drug-likeness (QED) is 0.634. The molecule has 0 aliphatic rings. The van der Waals surface area contributed by atoms with Crippen molar-refractivity contribution in [2.75, 3.05) is 46.0 Å². The summed E-state index contributed by atoms with van der Waals surface area (Å²) in [6, 6.07) is 10.7. The van der Waals surface area contributed by atoms with Crippen LogP contribution in [0.15, 0.2) is 35.2 Å². The highest BCUT2D eigenvalue weighted by Gasteiger charge is 2.04. The van der Waals surface area contributed by atoms with E-state index in [1.54, 1.807) is 0 Å². The number of rotatable bonds is 9. The normalized spacial score (nSPS) is 11.4. The van der Waals surface area contributed by atoms with E-state index < -0.39 is 0 Å². The fraction of sp³-hybridized carbons (Fsp3) is 0.600. The Morgan fingerprint density at radius 2 is 1.67 bits per heavy atom. The van der Waals surface area contributed by atoms with Gasteiger partial charge in [0.05, 0.1) is 0 Å². The van der Waals surface area contributed by atoms with Gasteiger partial charge in [0, 0.05) is 30.3 Å². The molecule has 0 aromatic heterocycles. The van der Waals surface area contributed by atoms with Crippen molar-refractivity contribution >= 4 is 11.8 Å². The van der Waals surface area contributed by atoms with Gasteiger partial charge in [-0.1, -0.05) is 25.1 Å². The molecule has 0 spiro atoms.